The van der Waals surface area contributed by atoms with Crippen LogP contribution in [-0.2, 0) is 4.74 Å². The Bertz CT molecular complexity index is 810. The molecule has 2 nitrogen and oxygen atoms in total. The van der Waals surface area contributed by atoms with E-state index in [-0.39, 0.29) is 0 Å². The number of ether oxygens (including phenoxy) is 2. The average molecular weight is 493 g/mol. The summed E-state index contributed by atoms with van der Waals surface area (Å²) in [6.07, 6.45) is 20.3. The maximum Gasteiger partial charge on any atom is 0.119 e. The molecule has 0 unspecified atom stereocenters. The van der Waals surface area contributed by atoms with E-state index in [0.29, 0.717) is 12.0 Å². The van der Waals surface area contributed by atoms with E-state index in [1.165, 1.54) is 107 Å². The molecule has 1 aliphatic rings. The minimum Gasteiger partial charge on any atom is -0.494 e. The van der Waals surface area contributed by atoms with Gasteiger partial charge < -0.3 is 9.47 Å². The first-order valence-corrected chi connectivity index (χ1v) is 15.1. The van der Waals surface area contributed by atoms with Gasteiger partial charge >= 0.3 is 0 Å². The zero-order chi connectivity index (χ0) is 25.4. The zero-order valence-corrected chi connectivity index (χ0v) is 23.5. The van der Waals surface area contributed by atoms with E-state index in [2.05, 4.69) is 62.4 Å². The average Bonchev–Trinajstić information content (AvgIpc) is 2.92. The number of rotatable bonds is 17. The Labute approximate surface area is 222 Å². The molecule has 1 saturated carbocycles. The molecule has 36 heavy (non-hydrogen) atoms. The third-order valence-corrected chi connectivity index (χ3v) is 8.19. The molecule has 1 fully saturated rings. The maximum absolute atomic E-state index is 6.00. The smallest absolute Gasteiger partial charge is 0.119 e. The van der Waals surface area contributed by atoms with Crippen molar-refractivity contribution < 1.29 is 9.47 Å². The first kappa shape index (κ1) is 28.8. The second-order valence-electron chi connectivity index (χ2n) is 11.0. The summed E-state index contributed by atoms with van der Waals surface area (Å²) in [6.45, 7) is 5.40. The second kappa shape index (κ2) is 16.8. The molecule has 0 saturated heterocycles. The Morgan fingerprint density at radius 1 is 0.667 bits per heavy atom. The van der Waals surface area contributed by atoms with E-state index in [1.54, 1.807) is 0 Å². The minimum atomic E-state index is 0.355. The molecular formula is C34H52O2. The summed E-state index contributed by atoms with van der Waals surface area (Å²) in [6, 6.07) is 17.8. The highest BCUT2D eigenvalue weighted by Gasteiger charge is 2.31. The number of hydrogen-bond acceptors (Lipinski definition) is 2. The van der Waals surface area contributed by atoms with E-state index in [9.17, 15) is 0 Å². The van der Waals surface area contributed by atoms with Crippen molar-refractivity contribution in [3.05, 3.63) is 54.1 Å². The van der Waals surface area contributed by atoms with E-state index in [0.717, 1.165) is 24.7 Å². The molecule has 0 radical (unpaired) electrons. The van der Waals surface area contributed by atoms with Gasteiger partial charge in [0.2, 0.25) is 0 Å². The normalized spacial score (nSPS) is 19.9. The molecule has 3 atom stereocenters. The molecule has 0 bridgehead atoms. The lowest BCUT2D eigenvalue weighted by atomic mass is 9.75. The number of methoxy groups -OCH3 is 1. The van der Waals surface area contributed by atoms with Gasteiger partial charge in [-0.3, -0.25) is 0 Å². The van der Waals surface area contributed by atoms with Crippen LogP contribution in [0.2, 0.25) is 0 Å². The predicted octanol–water partition coefficient (Wildman–Crippen LogP) is 10.4. The number of unbranched alkanes of at least 4 members (excludes halogenated alkanes) is 9. The van der Waals surface area contributed by atoms with Gasteiger partial charge in [-0.1, -0.05) is 121 Å². The van der Waals surface area contributed by atoms with Gasteiger partial charge in [0.1, 0.15) is 5.75 Å². The van der Waals surface area contributed by atoms with Crippen molar-refractivity contribution in [1.82, 2.24) is 0 Å². The number of benzene rings is 2. The summed E-state index contributed by atoms with van der Waals surface area (Å²) < 4.78 is 11.9. The molecule has 200 valence electrons. The molecule has 0 aromatic heterocycles. The minimum absolute atomic E-state index is 0.355. The molecule has 0 amide bonds. The predicted molar refractivity (Wildman–Crippen MR) is 155 cm³/mol. The van der Waals surface area contributed by atoms with Crippen molar-refractivity contribution in [1.29, 1.82) is 0 Å². The fourth-order valence-corrected chi connectivity index (χ4v) is 5.97. The van der Waals surface area contributed by atoms with Gasteiger partial charge in [0.05, 0.1) is 12.7 Å². The third-order valence-electron chi connectivity index (χ3n) is 8.19. The highest BCUT2D eigenvalue weighted by Crippen LogP contribution is 2.39. The zero-order valence-electron chi connectivity index (χ0n) is 23.5. The lowest BCUT2D eigenvalue weighted by molar-refractivity contribution is 0.0307. The van der Waals surface area contributed by atoms with Crippen LogP contribution in [0, 0.1) is 5.92 Å². The van der Waals surface area contributed by atoms with Crippen molar-refractivity contribution in [2.24, 2.45) is 5.92 Å². The molecular weight excluding hydrogens is 440 g/mol. The van der Waals surface area contributed by atoms with Crippen LogP contribution in [0.15, 0.2) is 48.5 Å². The van der Waals surface area contributed by atoms with Gasteiger partial charge in [-0.05, 0) is 60.4 Å². The fraction of sp³-hybridized carbons (Fsp3) is 0.647. The molecule has 2 aromatic carbocycles. The number of hydrogen-bond donors (Lipinski definition) is 0. The highest BCUT2D eigenvalue weighted by molar-refractivity contribution is 5.64. The Kier molecular flexibility index (Phi) is 13.5. The SMILES string of the molecule is CCCCCCCCCCCCOc1ccc(-c2ccc([C@H]3CC[C@H](CCC)C[C@@H]3OC)cc2)cc1. The van der Waals surface area contributed by atoms with Crippen LogP contribution < -0.4 is 4.74 Å². The van der Waals surface area contributed by atoms with Crippen LogP contribution in [0.1, 0.15) is 122 Å². The van der Waals surface area contributed by atoms with Gasteiger partial charge in [-0.25, -0.2) is 0 Å². The van der Waals surface area contributed by atoms with E-state index in [1.807, 2.05) is 7.11 Å². The van der Waals surface area contributed by atoms with Gasteiger partial charge in [0.25, 0.3) is 0 Å². The van der Waals surface area contributed by atoms with Gasteiger partial charge in [0.15, 0.2) is 0 Å². The van der Waals surface area contributed by atoms with Crippen molar-refractivity contribution in [2.75, 3.05) is 13.7 Å². The van der Waals surface area contributed by atoms with E-state index >= 15 is 0 Å². The Morgan fingerprint density at radius 3 is 1.83 bits per heavy atom. The summed E-state index contributed by atoms with van der Waals surface area (Å²) in [5, 5.41) is 0. The highest BCUT2D eigenvalue weighted by atomic mass is 16.5. The molecule has 0 spiro atoms. The molecule has 3 rings (SSSR count). The van der Waals surface area contributed by atoms with Crippen molar-refractivity contribution in [3.63, 3.8) is 0 Å². The maximum atomic E-state index is 6.00. The van der Waals surface area contributed by atoms with Crippen molar-refractivity contribution in [3.8, 4) is 16.9 Å². The van der Waals surface area contributed by atoms with Crippen molar-refractivity contribution >= 4 is 0 Å². The molecule has 0 heterocycles. The van der Waals surface area contributed by atoms with Crippen LogP contribution in [0.3, 0.4) is 0 Å². The summed E-state index contributed by atoms with van der Waals surface area (Å²) in [4.78, 5) is 0. The first-order chi connectivity index (χ1) is 17.7. The Morgan fingerprint density at radius 2 is 1.25 bits per heavy atom. The monoisotopic (exact) mass is 492 g/mol. The lowest BCUT2D eigenvalue weighted by Crippen LogP contribution is -2.29. The molecule has 2 aromatic rings. The van der Waals surface area contributed by atoms with E-state index < -0.39 is 0 Å². The van der Waals surface area contributed by atoms with Gasteiger partial charge in [0, 0.05) is 13.0 Å². The fourth-order valence-electron chi connectivity index (χ4n) is 5.97. The summed E-state index contributed by atoms with van der Waals surface area (Å²) in [7, 11) is 1.89. The molecule has 0 N–H and O–H groups in total. The van der Waals surface area contributed by atoms with Crippen LogP contribution in [0.5, 0.6) is 5.75 Å². The Balaban J connectivity index is 1.37. The lowest BCUT2D eigenvalue weighted by Gasteiger charge is -2.35. The molecule has 1 aliphatic carbocycles. The summed E-state index contributed by atoms with van der Waals surface area (Å²) >= 11 is 0. The van der Waals surface area contributed by atoms with Crippen LogP contribution in [0.4, 0.5) is 0 Å². The van der Waals surface area contributed by atoms with Gasteiger partial charge in [-0.15, -0.1) is 0 Å². The van der Waals surface area contributed by atoms with E-state index in [4.69, 9.17) is 9.47 Å². The third kappa shape index (κ3) is 9.58. The topological polar surface area (TPSA) is 18.5 Å². The van der Waals surface area contributed by atoms with Gasteiger partial charge in [-0.2, -0.15) is 0 Å². The molecule has 2 heteroatoms. The second-order valence-corrected chi connectivity index (χ2v) is 11.0. The van der Waals surface area contributed by atoms with Crippen molar-refractivity contribution in [2.45, 2.75) is 122 Å². The first-order valence-electron chi connectivity index (χ1n) is 15.1. The van der Waals surface area contributed by atoms with Crippen LogP contribution >= 0.6 is 0 Å². The summed E-state index contributed by atoms with van der Waals surface area (Å²) in [5.41, 5.74) is 3.95. The van der Waals surface area contributed by atoms with Crippen LogP contribution in [0.25, 0.3) is 11.1 Å². The molecule has 0 aliphatic heterocycles. The van der Waals surface area contributed by atoms with Crippen LogP contribution in [-0.4, -0.2) is 19.8 Å². The Hall–Kier alpha value is -1.80. The standard InChI is InChI=1S/C34H52O2/c1-4-6-7-8-9-10-11-12-13-14-26-36-32-23-21-30(22-24-32)29-17-19-31(20-18-29)33-25-16-28(15-5-2)27-34(33)35-3/h17-24,28,33-34H,4-16,25-27H2,1-3H3/t28-,33+,34-/m0/s1. The quantitative estimate of drug-likeness (QED) is 0.204. The largest absolute Gasteiger partial charge is 0.494 e. The summed E-state index contributed by atoms with van der Waals surface area (Å²) in [5.74, 6) is 2.35.